The Morgan fingerprint density at radius 2 is 2.06 bits per heavy atom. The number of aliphatic imine (C=N–C) groups is 2. The van der Waals surface area contributed by atoms with Crippen molar-refractivity contribution in [3.8, 4) is 0 Å². The maximum atomic E-state index is 4.29. The average molecular weight is 215 g/mol. The molecule has 0 bridgehead atoms. The van der Waals surface area contributed by atoms with Crippen LogP contribution >= 0.6 is 0 Å². The lowest BCUT2D eigenvalue weighted by atomic mass is 10.1. The van der Waals surface area contributed by atoms with Crippen LogP contribution in [0.4, 0.5) is 0 Å². The van der Waals surface area contributed by atoms with Gasteiger partial charge in [0.25, 0.3) is 0 Å². The zero-order valence-corrected chi connectivity index (χ0v) is 9.56. The van der Waals surface area contributed by atoms with Gasteiger partial charge in [0, 0.05) is 19.0 Å². The number of rotatable bonds is 6. The van der Waals surface area contributed by atoms with Gasteiger partial charge in [-0.25, -0.2) is 0 Å². The molecule has 0 heterocycles. The molecule has 1 aromatic carbocycles. The van der Waals surface area contributed by atoms with E-state index in [0.717, 1.165) is 6.54 Å². The molecule has 0 amide bonds. The number of hydrogen-bond acceptors (Lipinski definition) is 3. The van der Waals surface area contributed by atoms with Crippen LogP contribution in [0.2, 0.25) is 0 Å². The van der Waals surface area contributed by atoms with Crippen molar-refractivity contribution in [3.05, 3.63) is 47.7 Å². The highest BCUT2D eigenvalue weighted by Gasteiger charge is 1.98. The Bertz CT molecular complexity index is 381. The van der Waals surface area contributed by atoms with E-state index in [1.807, 2.05) is 19.2 Å². The fraction of sp³-hybridized carbons (Fsp3) is 0.231. The van der Waals surface area contributed by atoms with Crippen molar-refractivity contribution in [2.45, 2.75) is 13.1 Å². The summed E-state index contributed by atoms with van der Waals surface area (Å²) in [6.07, 6.45) is 5.13. The number of hydrogen-bond donors (Lipinski definition) is 1. The van der Waals surface area contributed by atoms with Crippen molar-refractivity contribution in [2.75, 3.05) is 7.05 Å². The molecule has 0 aliphatic rings. The Labute approximate surface area is 96.6 Å². The zero-order chi connectivity index (χ0) is 11.6. The summed E-state index contributed by atoms with van der Waals surface area (Å²) in [5.41, 5.74) is 2.53. The molecular weight excluding hydrogens is 198 g/mol. The monoisotopic (exact) mass is 215 g/mol. The van der Waals surface area contributed by atoms with Crippen LogP contribution in [0.15, 0.2) is 46.5 Å². The quantitative estimate of drug-likeness (QED) is 0.726. The SMILES string of the molecule is C=N/C=C\C=NCc1ccccc1CNC. The molecule has 0 aliphatic heterocycles. The first-order chi connectivity index (χ1) is 7.88. The molecule has 16 heavy (non-hydrogen) atoms. The first-order valence-corrected chi connectivity index (χ1v) is 5.20. The second-order valence-corrected chi connectivity index (χ2v) is 3.31. The normalized spacial score (nSPS) is 11.3. The van der Waals surface area contributed by atoms with Crippen LogP contribution < -0.4 is 5.32 Å². The second kappa shape index (κ2) is 7.54. The lowest BCUT2D eigenvalue weighted by Crippen LogP contribution is -2.07. The number of nitrogens with zero attached hydrogens (tertiary/aromatic N) is 2. The van der Waals surface area contributed by atoms with E-state index in [9.17, 15) is 0 Å². The van der Waals surface area contributed by atoms with Gasteiger partial charge in [0.05, 0.1) is 6.54 Å². The summed E-state index contributed by atoms with van der Waals surface area (Å²) in [6.45, 7) is 4.91. The molecule has 0 unspecified atom stereocenters. The summed E-state index contributed by atoms with van der Waals surface area (Å²) in [7, 11) is 1.94. The van der Waals surface area contributed by atoms with E-state index >= 15 is 0 Å². The highest BCUT2D eigenvalue weighted by atomic mass is 14.8. The predicted molar refractivity (Wildman–Crippen MR) is 70.1 cm³/mol. The van der Waals surface area contributed by atoms with Crippen LogP contribution in [-0.4, -0.2) is 20.0 Å². The van der Waals surface area contributed by atoms with Crippen molar-refractivity contribution < 1.29 is 0 Å². The Morgan fingerprint density at radius 1 is 1.31 bits per heavy atom. The van der Waals surface area contributed by atoms with Crippen LogP contribution in [0.25, 0.3) is 0 Å². The summed E-state index contributed by atoms with van der Waals surface area (Å²) in [5.74, 6) is 0. The maximum Gasteiger partial charge on any atom is 0.0642 e. The fourth-order valence-electron chi connectivity index (χ4n) is 1.39. The van der Waals surface area contributed by atoms with Crippen molar-refractivity contribution in [1.82, 2.24) is 5.32 Å². The fourth-order valence-corrected chi connectivity index (χ4v) is 1.39. The molecule has 84 valence electrons. The largest absolute Gasteiger partial charge is 0.316 e. The third-order valence-corrected chi connectivity index (χ3v) is 2.13. The second-order valence-electron chi connectivity index (χ2n) is 3.31. The van der Waals surface area contributed by atoms with E-state index in [4.69, 9.17) is 0 Å². The molecule has 0 saturated heterocycles. The Morgan fingerprint density at radius 3 is 2.75 bits per heavy atom. The zero-order valence-electron chi connectivity index (χ0n) is 9.56. The standard InChI is InChI=1S/C13H17N3/c1-14-8-5-9-16-11-13-7-4-3-6-12(13)10-15-2/h3-9,15H,1,10-11H2,2H3/b8-5-,16-9?. The first kappa shape index (κ1) is 12.3. The third kappa shape index (κ3) is 4.19. The molecule has 0 radical (unpaired) electrons. The van der Waals surface area contributed by atoms with Gasteiger partial charge in [-0.05, 0) is 31.0 Å². The van der Waals surface area contributed by atoms with Crippen LogP contribution in [0.1, 0.15) is 11.1 Å². The molecule has 3 nitrogen and oxygen atoms in total. The molecule has 1 rings (SSSR count). The molecule has 0 saturated carbocycles. The summed E-state index contributed by atoms with van der Waals surface area (Å²) in [5, 5.41) is 3.15. The van der Waals surface area contributed by atoms with Gasteiger partial charge in [-0.2, -0.15) is 0 Å². The van der Waals surface area contributed by atoms with Crippen molar-refractivity contribution >= 4 is 12.9 Å². The third-order valence-electron chi connectivity index (χ3n) is 2.13. The minimum atomic E-state index is 0.694. The molecular formula is C13H17N3. The average Bonchev–Trinajstić information content (AvgIpc) is 2.31. The Balaban J connectivity index is 2.61. The summed E-state index contributed by atoms with van der Waals surface area (Å²) >= 11 is 0. The molecule has 1 aromatic rings. The molecule has 1 N–H and O–H groups in total. The van der Waals surface area contributed by atoms with E-state index in [0.29, 0.717) is 6.54 Å². The van der Waals surface area contributed by atoms with Crippen LogP contribution in [0.5, 0.6) is 0 Å². The van der Waals surface area contributed by atoms with Crippen molar-refractivity contribution in [1.29, 1.82) is 0 Å². The molecule has 3 heteroatoms. The van der Waals surface area contributed by atoms with Gasteiger partial charge in [-0.15, -0.1) is 0 Å². The van der Waals surface area contributed by atoms with Gasteiger partial charge in [0.1, 0.15) is 0 Å². The lowest BCUT2D eigenvalue weighted by molar-refractivity contribution is 0.804. The first-order valence-electron chi connectivity index (χ1n) is 5.20. The number of benzene rings is 1. The molecule has 0 atom stereocenters. The van der Waals surface area contributed by atoms with Crippen molar-refractivity contribution in [2.24, 2.45) is 9.98 Å². The highest BCUT2D eigenvalue weighted by molar-refractivity contribution is 5.71. The molecule has 0 aliphatic carbocycles. The highest BCUT2D eigenvalue weighted by Crippen LogP contribution is 2.09. The van der Waals surface area contributed by atoms with Gasteiger partial charge in [-0.1, -0.05) is 24.3 Å². The minimum absolute atomic E-state index is 0.694. The Hall–Kier alpha value is -1.74. The topological polar surface area (TPSA) is 36.8 Å². The van der Waals surface area contributed by atoms with Gasteiger partial charge in [-0.3, -0.25) is 9.98 Å². The van der Waals surface area contributed by atoms with E-state index < -0.39 is 0 Å². The maximum absolute atomic E-state index is 4.29. The summed E-state index contributed by atoms with van der Waals surface area (Å²) in [6, 6.07) is 8.29. The van der Waals surface area contributed by atoms with Gasteiger partial charge < -0.3 is 5.32 Å². The molecule has 0 spiro atoms. The van der Waals surface area contributed by atoms with Gasteiger partial charge in [0.2, 0.25) is 0 Å². The van der Waals surface area contributed by atoms with Crippen molar-refractivity contribution in [3.63, 3.8) is 0 Å². The van der Waals surface area contributed by atoms with E-state index in [1.54, 1.807) is 18.5 Å². The van der Waals surface area contributed by atoms with Gasteiger partial charge >= 0.3 is 0 Å². The van der Waals surface area contributed by atoms with E-state index in [-0.39, 0.29) is 0 Å². The smallest absolute Gasteiger partial charge is 0.0642 e. The predicted octanol–water partition coefficient (Wildman–Crippen LogP) is 2.19. The van der Waals surface area contributed by atoms with Crippen LogP contribution in [-0.2, 0) is 13.1 Å². The minimum Gasteiger partial charge on any atom is -0.316 e. The van der Waals surface area contributed by atoms with Crippen LogP contribution in [0.3, 0.4) is 0 Å². The number of allylic oxidation sites excluding steroid dienone is 1. The summed E-state index contributed by atoms with van der Waals surface area (Å²) in [4.78, 5) is 7.89. The lowest BCUT2D eigenvalue weighted by Gasteiger charge is -2.05. The van der Waals surface area contributed by atoms with Crippen LogP contribution in [0, 0.1) is 0 Å². The van der Waals surface area contributed by atoms with E-state index in [2.05, 4.69) is 34.2 Å². The molecule has 0 fully saturated rings. The van der Waals surface area contributed by atoms with Gasteiger partial charge in [0.15, 0.2) is 0 Å². The number of nitrogens with one attached hydrogen (secondary N) is 1. The Kier molecular flexibility index (Phi) is 5.81. The molecule has 0 aromatic heterocycles. The van der Waals surface area contributed by atoms with E-state index in [1.165, 1.54) is 11.1 Å². The summed E-state index contributed by atoms with van der Waals surface area (Å²) < 4.78 is 0.